The van der Waals surface area contributed by atoms with E-state index in [-0.39, 0.29) is 10.7 Å². The monoisotopic (exact) mass is 251 g/mol. The summed E-state index contributed by atoms with van der Waals surface area (Å²) in [5, 5.41) is 10.6. The van der Waals surface area contributed by atoms with Crippen molar-refractivity contribution < 1.29 is 9.31 Å². The van der Waals surface area contributed by atoms with E-state index in [2.05, 4.69) is 0 Å². The number of halogens is 2. The molecule has 0 aliphatic carbocycles. The van der Waals surface area contributed by atoms with Crippen molar-refractivity contribution >= 4 is 17.3 Å². The highest BCUT2D eigenvalue weighted by Crippen LogP contribution is 2.31. The Morgan fingerprint density at radius 3 is 2.59 bits per heavy atom. The molecule has 0 radical (unpaired) electrons. The van der Waals surface area contributed by atoms with Crippen LogP contribution in [0.25, 0.3) is 11.1 Å². The highest BCUT2D eigenvalue weighted by Gasteiger charge is 2.11. The summed E-state index contributed by atoms with van der Waals surface area (Å²) in [6.45, 7) is 0. The fourth-order valence-corrected chi connectivity index (χ4v) is 1.75. The molecule has 0 saturated carbocycles. The van der Waals surface area contributed by atoms with E-state index < -0.39 is 10.7 Å². The van der Waals surface area contributed by atoms with Gasteiger partial charge < -0.3 is 0 Å². The highest BCUT2D eigenvalue weighted by molar-refractivity contribution is 6.33. The van der Waals surface area contributed by atoms with Gasteiger partial charge in [0.05, 0.1) is 9.95 Å². The third-order valence-electron chi connectivity index (χ3n) is 2.32. The summed E-state index contributed by atoms with van der Waals surface area (Å²) in [6.07, 6.45) is 0. The largest absolute Gasteiger partial charge is 0.270 e. The van der Waals surface area contributed by atoms with E-state index in [0.29, 0.717) is 11.1 Å². The number of benzene rings is 2. The molecule has 0 amide bonds. The summed E-state index contributed by atoms with van der Waals surface area (Å²) < 4.78 is 13.3. The van der Waals surface area contributed by atoms with Crippen molar-refractivity contribution in [1.82, 2.24) is 0 Å². The van der Waals surface area contributed by atoms with Crippen LogP contribution < -0.4 is 0 Å². The van der Waals surface area contributed by atoms with Gasteiger partial charge in [-0.15, -0.1) is 0 Å². The molecule has 0 fully saturated rings. The molecule has 3 nitrogen and oxygen atoms in total. The summed E-state index contributed by atoms with van der Waals surface area (Å²) in [7, 11) is 0. The van der Waals surface area contributed by atoms with Crippen LogP contribution in [0.2, 0.25) is 5.02 Å². The number of hydrogen-bond donors (Lipinski definition) is 0. The first-order chi connectivity index (χ1) is 8.09. The molecule has 0 spiro atoms. The molecule has 0 heterocycles. The van der Waals surface area contributed by atoms with Gasteiger partial charge in [-0.2, -0.15) is 0 Å². The Hall–Kier alpha value is -1.94. The molecule has 0 aromatic heterocycles. The molecule has 0 aliphatic rings. The lowest BCUT2D eigenvalue weighted by Gasteiger charge is -2.04. The average Bonchev–Trinajstić information content (AvgIpc) is 2.33. The second kappa shape index (κ2) is 4.51. The summed E-state index contributed by atoms with van der Waals surface area (Å²) in [4.78, 5) is 10.1. The number of non-ortho nitro benzene ring substituents is 1. The lowest BCUT2D eigenvalue weighted by molar-refractivity contribution is -0.384. The highest BCUT2D eigenvalue weighted by atomic mass is 35.5. The maximum Gasteiger partial charge on any atom is 0.270 e. The maximum absolute atomic E-state index is 13.3. The molecule has 0 N–H and O–H groups in total. The lowest BCUT2D eigenvalue weighted by atomic mass is 10.1. The van der Waals surface area contributed by atoms with Crippen LogP contribution in [0.15, 0.2) is 42.5 Å². The minimum absolute atomic E-state index is 0.0343. The second-order valence-corrected chi connectivity index (χ2v) is 3.79. The zero-order valence-corrected chi connectivity index (χ0v) is 9.32. The SMILES string of the molecule is O=[N+]([O-])c1cccc(-c2cccc(F)c2Cl)c1. The van der Waals surface area contributed by atoms with Crippen molar-refractivity contribution in [3.63, 3.8) is 0 Å². The van der Waals surface area contributed by atoms with Crippen LogP contribution in [0, 0.1) is 15.9 Å². The molecule has 5 heteroatoms. The maximum atomic E-state index is 13.3. The molecule has 0 atom stereocenters. The first-order valence-corrected chi connectivity index (χ1v) is 5.16. The van der Waals surface area contributed by atoms with Gasteiger partial charge in [0.15, 0.2) is 0 Å². The number of hydrogen-bond acceptors (Lipinski definition) is 2. The van der Waals surface area contributed by atoms with Crippen LogP contribution >= 0.6 is 11.6 Å². The fourth-order valence-electron chi connectivity index (χ4n) is 1.51. The number of nitro benzene ring substituents is 1. The Bertz CT molecular complexity index is 586. The minimum Gasteiger partial charge on any atom is -0.258 e. The Morgan fingerprint density at radius 1 is 1.18 bits per heavy atom. The Kier molecular flexibility index (Phi) is 3.06. The van der Waals surface area contributed by atoms with Crippen molar-refractivity contribution in [2.75, 3.05) is 0 Å². The summed E-state index contributed by atoms with van der Waals surface area (Å²) in [5.41, 5.74) is 0.905. The van der Waals surface area contributed by atoms with E-state index in [9.17, 15) is 14.5 Å². The molecular formula is C12H7ClFNO2. The van der Waals surface area contributed by atoms with Crippen LogP contribution in [0.3, 0.4) is 0 Å². The summed E-state index contributed by atoms with van der Waals surface area (Å²) >= 11 is 5.81. The van der Waals surface area contributed by atoms with Crippen LogP contribution in [-0.2, 0) is 0 Å². The number of nitro groups is 1. The lowest BCUT2D eigenvalue weighted by Crippen LogP contribution is -1.89. The van der Waals surface area contributed by atoms with Gasteiger partial charge >= 0.3 is 0 Å². The van der Waals surface area contributed by atoms with Gasteiger partial charge in [-0.25, -0.2) is 4.39 Å². The predicted molar refractivity (Wildman–Crippen MR) is 63.5 cm³/mol. The van der Waals surface area contributed by atoms with Gasteiger partial charge in [0.2, 0.25) is 0 Å². The standard InChI is InChI=1S/C12H7ClFNO2/c13-12-10(5-2-6-11(12)14)8-3-1-4-9(7-8)15(16)17/h1-7H. The van der Waals surface area contributed by atoms with Gasteiger partial charge in [0, 0.05) is 17.7 Å². The number of rotatable bonds is 2. The van der Waals surface area contributed by atoms with Crippen LogP contribution in [-0.4, -0.2) is 4.92 Å². The van der Waals surface area contributed by atoms with Gasteiger partial charge in [0.25, 0.3) is 5.69 Å². The zero-order chi connectivity index (χ0) is 12.4. The number of nitrogens with zero attached hydrogens (tertiary/aromatic N) is 1. The van der Waals surface area contributed by atoms with E-state index in [0.717, 1.165) is 0 Å². The first kappa shape index (κ1) is 11.5. The average molecular weight is 252 g/mol. The van der Waals surface area contributed by atoms with Gasteiger partial charge in [-0.3, -0.25) is 10.1 Å². The van der Waals surface area contributed by atoms with Gasteiger partial charge in [-0.1, -0.05) is 35.9 Å². The molecule has 0 saturated heterocycles. The Morgan fingerprint density at radius 2 is 1.88 bits per heavy atom. The predicted octanol–water partition coefficient (Wildman–Crippen LogP) is 4.05. The third-order valence-corrected chi connectivity index (χ3v) is 2.70. The van der Waals surface area contributed by atoms with E-state index in [4.69, 9.17) is 11.6 Å². The van der Waals surface area contributed by atoms with E-state index >= 15 is 0 Å². The van der Waals surface area contributed by atoms with Crippen molar-refractivity contribution in [3.8, 4) is 11.1 Å². The topological polar surface area (TPSA) is 43.1 Å². The molecule has 17 heavy (non-hydrogen) atoms. The van der Waals surface area contributed by atoms with Gasteiger partial charge in [-0.05, 0) is 11.6 Å². The molecule has 2 aromatic rings. The van der Waals surface area contributed by atoms with Crippen molar-refractivity contribution in [2.45, 2.75) is 0 Å². The first-order valence-electron chi connectivity index (χ1n) is 4.78. The van der Waals surface area contributed by atoms with Crippen molar-refractivity contribution in [3.05, 3.63) is 63.4 Å². The van der Waals surface area contributed by atoms with E-state index in [1.807, 2.05) is 0 Å². The van der Waals surface area contributed by atoms with Crippen molar-refractivity contribution in [2.24, 2.45) is 0 Å². The Labute approximate surface area is 102 Å². The molecular weight excluding hydrogens is 245 g/mol. The van der Waals surface area contributed by atoms with Crippen LogP contribution in [0.4, 0.5) is 10.1 Å². The third kappa shape index (κ3) is 2.26. The zero-order valence-electron chi connectivity index (χ0n) is 8.56. The summed E-state index contributed by atoms with van der Waals surface area (Å²) in [6, 6.07) is 10.3. The minimum atomic E-state index is -0.546. The molecule has 0 bridgehead atoms. The molecule has 2 aromatic carbocycles. The van der Waals surface area contributed by atoms with Gasteiger partial charge in [0.1, 0.15) is 5.82 Å². The molecule has 0 aliphatic heterocycles. The van der Waals surface area contributed by atoms with Crippen LogP contribution in [0.1, 0.15) is 0 Å². The smallest absolute Gasteiger partial charge is 0.258 e. The molecule has 2 rings (SSSR count). The normalized spacial score (nSPS) is 10.2. The Balaban J connectivity index is 2.57. The fraction of sp³-hybridized carbons (Fsp3) is 0. The molecule has 86 valence electrons. The molecule has 0 unspecified atom stereocenters. The second-order valence-electron chi connectivity index (χ2n) is 3.41. The summed E-state index contributed by atoms with van der Waals surface area (Å²) in [5.74, 6) is -0.546. The van der Waals surface area contributed by atoms with E-state index in [1.165, 1.54) is 30.3 Å². The van der Waals surface area contributed by atoms with Crippen molar-refractivity contribution in [1.29, 1.82) is 0 Å². The quantitative estimate of drug-likeness (QED) is 0.597. The van der Waals surface area contributed by atoms with E-state index in [1.54, 1.807) is 12.1 Å². The van der Waals surface area contributed by atoms with Crippen LogP contribution in [0.5, 0.6) is 0 Å².